The lowest BCUT2D eigenvalue weighted by atomic mass is 10.1. The van der Waals surface area contributed by atoms with Crippen LogP contribution in [0.5, 0.6) is 0 Å². The summed E-state index contributed by atoms with van der Waals surface area (Å²) in [5.41, 5.74) is 6.92. The van der Waals surface area contributed by atoms with Crippen LogP contribution in [0.15, 0.2) is 24.3 Å². The van der Waals surface area contributed by atoms with Crippen LogP contribution in [0.1, 0.15) is 22.3 Å². The molecule has 5 heteroatoms. The lowest BCUT2D eigenvalue weighted by Crippen LogP contribution is -2.37. The molecule has 1 aliphatic rings. The minimum atomic E-state index is -0.376. The number of primary amides is 1. The molecule has 2 rings (SSSR count). The van der Waals surface area contributed by atoms with Crippen LogP contribution in [-0.2, 0) is 11.3 Å². The molecule has 1 saturated heterocycles. The van der Waals surface area contributed by atoms with Crippen molar-refractivity contribution in [1.29, 1.82) is 0 Å². The van der Waals surface area contributed by atoms with Gasteiger partial charge < -0.3 is 15.8 Å². The number of rotatable bonds is 7. The number of carbonyl (C=O) groups excluding carboxylic acids is 1. The van der Waals surface area contributed by atoms with Gasteiger partial charge in [0.2, 0.25) is 5.91 Å². The molecular formula is C15H23N3O2. The Kier molecular flexibility index (Phi) is 5.98. The van der Waals surface area contributed by atoms with Crippen molar-refractivity contribution in [1.82, 2.24) is 10.2 Å². The molecular weight excluding hydrogens is 254 g/mol. The average Bonchev–Trinajstić information content (AvgIpc) is 2.48. The zero-order chi connectivity index (χ0) is 14.2. The second-order valence-corrected chi connectivity index (χ2v) is 5.05. The first-order valence-electron chi connectivity index (χ1n) is 7.15. The smallest absolute Gasteiger partial charge is 0.248 e. The van der Waals surface area contributed by atoms with Crippen molar-refractivity contribution >= 4 is 5.91 Å². The summed E-state index contributed by atoms with van der Waals surface area (Å²) in [4.78, 5) is 13.5. The van der Waals surface area contributed by atoms with Gasteiger partial charge in [-0.2, -0.15) is 0 Å². The zero-order valence-corrected chi connectivity index (χ0v) is 11.8. The zero-order valence-electron chi connectivity index (χ0n) is 11.8. The highest BCUT2D eigenvalue weighted by Gasteiger charge is 2.08. The molecule has 0 radical (unpaired) electrons. The molecule has 1 amide bonds. The standard InChI is InChI=1S/C15H23N3O2/c16-15(19)14-4-1-3-13(11-14)12-17-5-2-6-18-7-9-20-10-8-18/h1,3-4,11,17H,2,5-10,12H2,(H2,16,19). The molecule has 1 aromatic rings. The molecule has 1 aliphatic heterocycles. The number of morpholine rings is 1. The van der Waals surface area contributed by atoms with E-state index in [-0.39, 0.29) is 5.91 Å². The lowest BCUT2D eigenvalue weighted by Gasteiger charge is -2.26. The van der Waals surface area contributed by atoms with E-state index in [0.717, 1.165) is 57.9 Å². The fraction of sp³-hybridized carbons (Fsp3) is 0.533. The first kappa shape index (κ1) is 15.0. The molecule has 110 valence electrons. The Balaban J connectivity index is 1.63. The van der Waals surface area contributed by atoms with Crippen LogP contribution in [0.4, 0.5) is 0 Å². The van der Waals surface area contributed by atoms with E-state index in [2.05, 4.69) is 10.2 Å². The van der Waals surface area contributed by atoms with E-state index in [1.54, 1.807) is 6.07 Å². The fourth-order valence-electron chi connectivity index (χ4n) is 2.32. The Bertz CT molecular complexity index is 431. The number of nitrogens with one attached hydrogen (secondary N) is 1. The topological polar surface area (TPSA) is 67.6 Å². The largest absolute Gasteiger partial charge is 0.379 e. The SMILES string of the molecule is NC(=O)c1cccc(CNCCCN2CCOCC2)c1. The number of nitrogens with zero attached hydrogens (tertiary/aromatic N) is 1. The van der Waals surface area contributed by atoms with E-state index < -0.39 is 0 Å². The molecule has 0 bridgehead atoms. The van der Waals surface area contributed by atoms with Crippen LogP contribution in [0.25, 0.3) is 0 Å². The Labute approximate surface area is 120 Å². The number of amides is 1. The summed E-state index contributed by atoms with van der Waals surface area (Å²) >= 11 is 0. The molecule has 0 spiro atoms. The van der Waals surface area contributed by atoms with Crippen molar-refractivity contribution in [2.45, 2.75) is 13.0 Å². The maximum absolute atomic E-state index is 11.1. The van der Waals surface area contributed by atoms with Gasteiger partial charge in [-0.15, -0.1) is 0 Å². The summed E-state index contributed by atoms with van der Waals surface area (Å²) in [5, 5.41) is 3.40. The maximum Gasteiger partial charge on any atom is 0.248 e. The summed E-state index contributed by atoms with van der Waals surface area (Å²) in [5.74, 6) is -0.376. The molecule has 5 nitrogen and oxygen atoms in total. The quantitative estimate of drug-likeness (QED) is 0.716. The lowest BCUT2D eigenvalue weighted by molar-refractivity contribution is 0.0374. The highest BCUT2D eigenvalue weighted by Crippen LogP contribution is 2.04. The minimum absolute atomic E-state index is 0.376. The van der Waals surface area contributed by atoms with Crippen LogP contribution < -0.4 is 11.1 Å². The van der Waals surface area contributed by atoms with Crippen LogP contribution >= 0.6 is 0 Å². The van der Waals surface area contributed by atoms with Crippen molar-refractivity contribution in [3.05, 3.63) is 35.4 Å². The Morgan fingerprint density at radius 2 is 2.15 bits per heavy atom. The monoisotopic (exact) mass is 277 g/mol. The van der Waals surface area contributed by atoms with Crippen LogP contribution in [0, 0.1) is 0 Å². The van der Waals surface area contributed by atoms with E-state index >= 15 is 0 Å². The summed E-state index contributed by atoms with van der Waals surface area (Å²) in [6, 6.07) is 7.45. The van der Waals surface area contributed by atoms with Crippen molar-refractivity contribution in [3.63, 3.8) is 0 Å². The molecule has 0 aromatic heterocycles. The number of nitrogens with two attached hydrogens (primary N) is 1. The maximum atomic E-state index is 11.1. The van der Waals surface area contributed by atoms with Gasteiger partial charge in [0.15, 0.2) is 0 Å². The molecule has 0 aliphatic carbocycles. The van der Waals surface area contributed by atoms with Gasteiger partial charge >= 0.3 is 0 Å². The van der Waals surface area contributed by atoms with Gasteiger partial charge in [-0.05, 0) is 37.2 Å². The third-order valence-electron chi connectivity index (χ3n) is 3.47. The van der Waals surface area contributed by atoms with Gasteiger partial charge in [0, 0.05) is 25.2 Å². The average molecular weight is 277 g/mol. The van der Waals surface area contributed by atoms with Gasteiger partial charge in [-0.1, -0.05) is 12.1 Å². The first-order valence-corrected chi connectivity index (χ1v) is 7.15. The number of hydrogen-bond acceptors (Lipinski definition) is 4. The summed E-state index contributed by atoms with van der Waals surface area (Å²) < 4.78 is 5.32. The van der Waals surface area contributed by atoms with Crippen molar-refractivity contribution in [2.24, 2.45) is 5.73 Å². The van der Waals surface area contributed by atoms with E-state index in [4.69, 9.17) is 10.5 Å². The predicted octanol–water partition coefficient (Wildman–Crippen LogP) is 0.597. The Morgan fingerprint density at radius 1 is 1.35 bits per heavy atom. The highest BCUT2D eigenvalue weighted by molar-refractivity contribution is 5.92. The molecule has 3 N–H and O–H groups in total. The second kappa shape index (κ2) is 7.99. The minimum Gasteiger partial charge on any atom is -0.379 e. The van der Waals surface area contributed by atoms with Crippen LogP contribution in [0.2, 0.25) is 0 Å². The van der Waals surface area contributed by atoms with E-state index in [1.165, 1.54) is 0 Å². The van der Waals surface area contributed by atoms with Crippen molar-refractivity contribution < 1.29 is 9.53 Å². The van der Waals surface area contributed by atoms with Crippen LogP contribution in [-0.4, -0.2) is 50.2 Å². The third kappa shape index (κ3) is 4.92. The summed E-state index contributed by atoms with van der Waals surface area (Å²) in [6.45, 7) is 6.64. The highest BCUT2D eigenvalue weighted by atomic mass is 16.5. The van der Waals surface area contributed by atoms with E-state index in [9.17, 15) is 4.79 Å². The van der Waals surface area contributed by atoms with Gasteiger partial charge in [0.1, 0.15) is 0 Å². The Morgan fingerprint density at radius 3 is 2.90 bits per heavy atom. The number of benzene rings is 1. The predicted molar refractivity (Wildman–Crippen MR) is 78.5 cm³/mol. The van der Waals surface area contributed by atoms with E-state index in [1.807, 2.05) is 18.2 Å². The fourth-order valence-corrected chi connectivity index (χ4v) is 2.32. The molecule has 1 heterocycles. The number of ether oxygens (including phenoxy) is 1. The molecule has 20 heavy (non-hydrogen) atoms. The number of hydrogen-bond donors (Lipinski definition) is 2. The number of carbonyl (C=O) groups is 1. The van der Waals surface area contributed by atoms with Gasteiger partial charge in [0.25, 0.3) is 0 Å². The van der Waals surface area contributed by atoms with Crippen LogP contribution in [0.3, 0.4) is 0 Å². The normalized spacial score (nSPS) is 16.2. The molecule has 1 fully saturated rings. The summed E-state index contributed by atoms with van der Waals surface area (Å²) in [7, 11) is 0. The summed E-state index contributed by atoms with van der Waals surface area (Å²) in [6.07, 6.45) is 1.12. The third-order valence-corrected chi connectivity index (χ3v) is 3.47. The van der Waals surface area contributed by atoms with Crippen molar-refractivity contribution in [3.8, 4) is 0 Å². The second-order valence-electron chi connectivity index (χ2n) is 5.05. The first-order chi connectivity index (χ1) is 9.75. The molecule has 0 unspecified atom stereocenters. The molecule has 0 atom stereocenters. The molecule has 1 aromatic carbocycles. The van der Waals surface area contributed by atoms with E-state index in [0.29, 0.717) is 5.56 Å². The van der Waals surface area contributed by atoms with Gasteiger partial charge in [-0.3, -0.25) is 9.69 Å². The van der Waals surface area contributed by atoms with Crippen molar-refractivity contribution in [2.75, 3.05) is 39.4 Å². The van der Waals surface area contributed by atoms with Gasteiger partial charge in [-0.25, -0.2) is 0 Å². The Hall–Kier alpha value is -1.43. The molecule has 0 saturated carbocycles. The van der Waals surface area contributed by atoms with Gasteiger partial charge in [0.05, 0.1) is 13.2 Å².